The third-order valence-corrected chi connectivity index (χ3v) is 4.50. The molecule has 0 radical (unpaired) electrons. The fourth-order valence-electron chi connectivity index (χ4n) is 2.93. The summed E-state index contributed by atoms with van der Waals surface area (Å²) in [6.07, 6.45) is 15.1. The maximum Gasteiger partial charge on any atom is 1.00 e. The van der Waals surface area contributed by atoms with Crippen LogP contribution < -0.4 is 74.6 Å². The minimum absolute atomic E-state index is 0. The molecule has 0 rings (SSSR count). The zero-order chi connectivity index (χ0) is 19.6. The molecule has 0 aliphatic carbocycles. The molecular weight excluding hydrogens is 380 g/mol. The normalized spacial score (nSPS) is 11.0. The number of amides is 1. The monoisotopic (exact) mass is 415 g/mol. The van der Waals surface area contributed by atoms with E-state index in [1.807, 2.05) is 0 Å². The molecule has 0 saturated heterocycles. The molecule has 1 amide bonds. The smallest absolute Gasteiger partial charge is 0.550 e. The number of carbonyl (C=O) groups excluding carboxylic acids is 3. The summed E-state index contributed by atoms with van der Waals surface area (Å²) < 4.78 is 0. The molecule has 8 heteroatoms. The van der Waals surface area contributed by atoms with Gasteiger partial charge in [-0.25, -0.2) is 0 Å². The molecule has 1 N–H and O–H groups in total. The van der Waals surface area contributed by atoms with Crippen molar-refractivity contribution in [3.05, 3.63) is 0 Å². The van der Waals surface area contributed by atoms with Gasteiger partial charge in [0, 0.05) is 18.8 Å². The van der Waals surface area contributed by atoms with Gasteiger partial charge in [0.2, 0.25) is 5.91 Å². The Morgan fingerprint density at radius 2 is 1.11 bits per heavy atom. The van der Waals surface area contributed by atoms with Crippen molar-refractivity contribution in [2.75, 3.05) is 0 Å². The number of rotatable bonds is 18. The predicted octanol–water partition coefficient (Wildman–Crippen LogP) is -4.15. The minimum atomic E-state index is -1.60. The van der Waals surface area contributed by atoms with Gasteiger partial charge >= 0.3 is 59.1 Å². The van der Waals surface area contributed by atoms with Crippen LogP contribution in [-0.4, -0.2) is 23.9 Å². The molecule has 0 aliphatic rings. The maximum atomic E-state index is 11.6. The van der Waals surface area contributed by atoms with E-state index in [-0.39, 0.29) is 65.5 Å². The van der Waals surface area contributed by atoms with Gasteiger partial charge in [-0.15, -0.1) is 0 Å². The fraction of sp³-hybridized carbons (Fsp3) is 0.850. The number of hydrogen-bond donors (Lipinski definition) is 1. The Labute approximate surface area is 214 Å². The number of carboxylic acid groups (broad SMARTS) is 2. The predicted molar refractivity (Wildman–Crippen MR) is 96.9 cm³/mol. The number of carboxylic acids is 2. The van der Waals surface area contributed by atoms with Crippen molar-refractivity contribution in [2.45, 2.75) is 109 Å². The zero-order valence-corrected chi connectivity index (χ0v) is 22.2. The zero-order valence-electron chi connectivity index (χ0n) is 18.2. The first kappa shape index (κ1) is 33.1. The molecule has 0 bridgehead atoms. The molecule has 0 fully saturated rings. The molecule has 0 unspecified atom stereocenters. The van der Waals surface area contributed by atoms with E-state index in [0.717, 1.165) is 19.3 Å². The molecule has 28 heavy (non-hydrogen) atoms. The summed E-state index contributed by atoms with van der Waals surface area (Å²) in [4.78, 5) is 32.8. The third-order valence-electron chi connectivity index (χ3n) is 4.50. The summed E-state index contributed by atoms with van der Waals surface area (Å²) in [5.41, 5.74) is 0. The molecule has 6 nitrogen and oxygen atoms in total. The van der Waals surface area contributed by atoms with Crippen molar-refractivity contribution in [1.82, 2.24) is 5.32 Å². The summed E-state index contributed by atoms with van der Waals surface area (Å²) in [6.45, 7) is 2.23. The van der Waals surface area contributed by atoms with Gasteiger partial charge in [0.05, 0.1) is 12.0 Å². The van der Waals surface area contributed by atoms with Crippen LogP contribution in [0.25, 0.3) is 0 Å². The van der Waals surface area contributed by atoms with E-state index in [9.17, 15) is 24.6 Å². The summed E-state index contributed by atoms with van der Waals surface area (Å²) in [6, 6.07) is -1.52. The van der Waals surface area contributed by atoms with Crippen LogP contribution in [0.4, 0.5) is 0 Å². The molecule has 1 atom stereocenters. The maximum absolute atomic E-state index is 11.6. The number of aliphatic carboxylic acids is 2. The van der Waals surface area contributed by atoms with E-state index < -0.39 is 30.3 Å². The Hall–Kier alpha value is 0.410. The Morgan fingerprint density at radius 3 is 1.46 bits per heavy atom. The molecule has 0 heterocycles. The van der Waals surface area contributed by atoms with E-state index in [0.29, 0.717) is 6.42 Å². The second-order valence-electron chi connectivity index (χ2n) is 7.01. The standard InChI is InChI=1S/C20H37NO5.2Na/c1-2-3-4-5-6-7-8-9-10-11-12-13-14-15-18(22)21-17(20(25)26)16-19(23)24;;/h17H,2-16H2,1H3,(H,21,22)(H,23,24)(H,25,26);;/q;2*+1/p-2/t17-;;/m0../s1. The van der Waals surface area contributed by atoms with Crippen LogP contribution in [0.15, 0.2) is 0 Å². The minimum Gasteiger partial charge on any atom is -0.550 e. The Morgan fingerprint density at radius 1 is 0.714 bits per heavy atom. The van der Waals surface area contributed by atoms with E-state index in [1.165, 1.54) is 57.8 Å². The Bertz CT molecular complexity index is 408. The average Bonchev–Trinajstić information content (AvgIpc) is 2.58. The van der Waals surface area contributed by atoms with Crippen LogP contribution in [0.3, 0.4) is 0 Å². The quantitative estimate of drug-likeness (QED) is 0.181. The molecular formula is C20H35NNa2O5. The van der Waals surface area contributed by atoms with E-state index >= 15 is 0 Å². The van der Waals surface area contributed by atoms with E-state index in [2.05, 4.69) is 12.2 Å². The number of carbonyl (C=O) groups is 3. The summed E-state index contributed by atoms with van der Waals surface area (Å²) >= 11 is 0. The molecule has 0 aromatic heterocycles. The van der Waals surface area contributed by atoms with E-state index in [4.69, 9.17) is 0 Å². The first-order valence-electron chi connectivity index (χ1n) is 10.2. The fourth-order valence-corrected chi connectivity index (χ4v) is 2.93. The van der Waals surface area contributed by atoms with Gasteiger partial charge in [0.1, 0.15) is 0 Å². The van der Waals surface area contributed by atoms with Gasteiger partial charge in [-0.05, 0) is 6.42 Å². The second-order valence-corrected chi connectivity index (χ2v) is 7.01. The van der Waals surface area contributed by atoms with Crippen molar-refractivity contribution in [3.63, 3.8) is 0 Å². The largest absolute Gasteiger partial charge is 1.00 e. The van der Waals surface area contributed by atoms with Gasteiger partial charge in [0.15, 0.2) is 0 Å². The molecule has 0 aromatic carbocycles. The topological polar surface area (TPSA) is 109 Å². The molecule has 0 spiro atoms. The van der Waals surface area contributed by atoms with Crippen LogP contribution in [0.5, 0.6) is 0 Å². The van der Waals surface area contributed by atoms with Crippen molar-refractivity contribution in [2.24, 2.45) is 0 Å². The van der Waals surface area contributed by atoms with Crippen LogP contribution in [-0.2, 0) is 14.4 Å². The molecule has 0 aliphatic heterocycles. The number of unbranched alkanes of at least 4 members (excludes halogenated alkanes) is 12. The van der Waals surface area contributed by atoms with Gasteiger partial charge in [-0.1, -0.05) is 84.0 Å². The summed E-state index contributed by atoms with van der Waals surface area (Å²) in [5, 5.41) is 23.3. The van der Waals surface area contributed by atoms with Gasteiger partial charge in [-0.2, -0.15) is 0 Å². The second kappa shape index (κ2) is 23.7. The molecule has 0 saturated carbocycles. The summed E-state index contributed by atoms with van der Waals surface area (Å²) in [7, 11) is 0. The van der Waals surface area contributed by atoms with Crippen LogP contribution in [0.2, 0.25) is 0 Å². The van der Waals surface area contributed by atoms with Gasteiger partial charge in [0.25, 0.3) is 0 Å². The van der Waals surface area contributed by atoms with Crippen molar-refractivity contribution >= 4 is 17.8 Å². The first-order chi connectivity index (χ1) is 12.5. The van der Waals surface area contributed by atoms with Gasteiger partial charge in [-0.3, -0.25) is 4.79 Å². The number of hydrogen-bond acceptors (Lipinski definition) is 5. The number of nitrogens with one attached hydrogen (secondary N) is 1. The van der Waals surface area contributed by atoms with Crippen molar-refractivity contribution in [3.8, 4) is 0 Å². The molecule has 152 valence electrons. The van der Waals surface area contributed by atoms with Crippen LogP contribution >= 0.6 is 0 Å². The Kier molecular flexibility index (Phi) is 28.0. The first-order valence-corrected chi connectivity index (χ1v) is 10.2. The summed E-state index contributed by atoms with van der Waals surface area (Å²) in [5.74, 6) is -3.59. The van der Waals surface area contributed by atoms with E-state index in [1.54, 1.807) is 0 Å². The molecule has 0 aromatic rings. The van der Waals surface area contributed by atoms with Crippen molar-refractivity contribution < 1.29 is 83.7 Å². The van der Waals surface area contributed by atoms with Gasteiger partial charge < -0.3 is 25.1 Å². The third kappa shape index (κ3) is 22.7. The Balaban J connectivity index is -0.00000312. The van der Waals surface area contributed by atoms with Crippen LogP contribution in [0.1, 0.15) is 103 Å². The van der Waals surface area contributed by atoms with Crippen molar-refractivity contribution in [1.29, 1.82) is 0 Å². The average molecular weight is 415 g/mol. The SMILES string of the molecule is CCCCCCCCCCCCCCCC(=O)N[C@@H](CC(=O)[O-])C(=O)[O-].[Na+].[Na+]. The van der Waals surface area contributed by atoms with Crippen LogP contribution in [0, 0.1) is 0 Å².